The largest absolute Gasteiger partial charge is 0.359 e. The molecule has 0 aliphatic carbocycles. The fourth-order valence-electron chi connectivity index (χ4n) is 3.18. The van der Waals surface area contributed by atoms with Crippen molar-refractivity contribution < 1.29 is 9.59 Å². The Morgan fingerprint density at radius 2 is 2.08 bits per heavy atom. The highest BCUT2D eigenvalue weighted by atomic mass is 16.2. The Labute approximate surface area is 141 Å². The summed E-state index contributed by atoms with van der Waals surface area (Å²) in [6, 6.07) is 5.49. The summed E-state index contributed by atoms with van der Waals surface area (Å²) in [5.74, 6) is 0.532. The molecule has 2 heterocycles. The first-order chi connectivity index (χ1) is 11.5. The van der Waals surface area contributed by atoms with Gasteiger partial charge in [-0.25, -0.2) is 4.98 Å². The van der Waals surface area contributed by atoms with Crippen molar-refractivity contribution in [2.45, 2.75) is 6.92 Å². The van der Waals surface area contributed by atoms with Gasteiger partial charge >= 0.3 is 0 Å². The Bertz CT molecular complexity index is 769. The van der Waals surface area contributed by atoms with Gasteiger partial charge in [0.05, 0.1) is 17.0 Å². The van der Waals surface area contributed by atoms with Crippen LogP contribution in [0.1, 0.15) is 16.2 Å². The molecule has 1 aromatic heterocycles. The van der Waals surface area contributed by atoms with Gasteiger partial charge in [-0.1, -0.05) is 0 Å². The second kappa shape index (κ2) is 6.60. The first-order valence-electron chi connectivity index (χ1n) is 8.13. The van der Waals surface area contributed by atoms with E-state index >= 15 is 0 Å². The van der Waals surface area contributed by atoms with Gasteiger partial charge in [0.1, 0.15) is 5.82 Å². The van der Waals surface area contributed by atoms with Gasteiger partial charge in [-0.05, 0) is 32.2 Å². The van der Waals surface area contributed by atoms with Crippen LogP contribution in [-0.4, -0.2) is 71.9 Å². The molecule has 7 nitrogen and oxygen atoms in total. The van der Waals surface area contributed by atoms with E-state index in [1.54, 1.807) is 18.0 Å². The molecule has 2 aromatic rings. The van der Waals surface area contributed by atoms with Crippen molar-refractivity contribution in [2.24, 2.45) is 5.92 Å². The third kappa shape index (κ3) is 3.26. The summed E-state index contributed by atoms with van der Waals surface area (Å²) in [6.07, 6.45) is 0. The van der Waals surface area contributed by atoms with E-state index in [-0.39, 0.29) is 17.7 Å². The molecule has 1 saturated heterocycles. The van der Waals surface area contributed by atoms with Gasteiger partial charge in [0.25, 0.3) is 5.91 Å². The molecule has 0 saturated carbocycles. The van der Waals surface area contributed by atoms with Gasteiger partial charge in [0, 0.05) is 38.8 Å². The topological polar surface area (TPSA) is 81.3 Å². The molecule has 1 atom stereocenters. The SMILES string of the molecule is CNC(=O)C1CN(C)CCN(C(=O)c2ccc3nc(C)[nH]c3c2)C1. The average Bonchev–Trinajstić information content (AvgIpc) is 2.83. The van der Waals surface area contributed by atoms with Crippen LogP contribution in [0.4, 0.5) is 0 Å². The molecular formula is C17H23N5O2. The standard InChI is InChI=1S/C17H23N5O2/c1-11-19-14-5-4-12(8-15(14)20-11)17(24)22-7-6-21(3)9-13(10-22)16(23)18-2/h4-5,8,13H,6-7,9-10H2,1-3H3,(H,18,23)(H,19,20). The number of rotatable bonds is 2. The molecule has 128 valence electrons. The van der Waals surface area contributed by atoms with Crippen molar-refractivity contribution in [3.63, 3.8) is 0 Å². The number of hydrogen-bond donors (Lipinski definition) is 2. The quantitative estimate of drug-likeness (QED) is 0.846. The number of aryl methyl sites for hydroxylation is 1. The van der Waals surface area contributed by atoms with E-state index in [0.717, 1.165) is 23.4 Å². The number of carbonyl (C=O) groups excluding carboxylic acids is 2. The third-order valence-corrected chi connectivity index (χ3v) is 4.48. The van der Waals surface area contributed by atoms with Crippen LogP contribution in [0, 0.1) is 12.8 Å². The molecule has 1 aliphatic rings. The Morgan fingerprint density at radius 1 is 1.29 bits per heavy atom. The van der Waals surface area contributed by atoms with Gasteiger partial charge < -0.3 is 20.1 Å². The van der Waals surface area contributed by atoms with Gasteiger partial charge in [0.15, 0.2) is 0 Å². The molecule has 24 heavy (non-hydrogen) atoms. The summed E-state index contributed by atoms with van der Waals surface area (Å²) in [6.45, 7) is 4.35. The van der Waals surface area contributed by atoms with Crippen LogP contribution in [-0.2, 0) is 4.79 Å². The van der Waals surface area contributed by atoms with Crippen LogP contribution < -0.4 is 5.32 Å². The molecule has 0 bridgehead atoms. The maximum Gasteiger partial charge on any atom is 0.253 e. The fourth-order valence-corrected chi connectivity index (χ4v) is 3.18. The minimum absolute atomic E-state index is 0.0267. The van der Waals surface area contributed by atoms with Crippen LogP contribution in [0.5, 0.6) is 0 Å². The highest BCUT2D eigenvalue weighted by Gasteiger charge is 2.29. The first-order valence-corrected chi connectivity index (χ1v) is 8.13. The Kier molecular flexibility index (Phi) is 4.53. The number of fused-ring (bicyclic) bond motifs is 1. The molecule has 2 N–H and O–H groups in total. The predicted octanol–water partition coefficient (Wildman–Crippen LogP) is 0.621. The van der Waals surface area contributed by atoms with E-state index in [4.69, 9.17) is 0 Å². The minimum Gasteiger partial charge on any atom is -0.359 e. The number of aromatic amines is 1. The van der Waals surface area contributed by atoms with Gasteiger partial charge in [-0.15, -0.1) is 0 Å². The molecule has 1 unspecified atom stereocenters. The molecule has 0 radical (unpaired) electrons. The number of likely N-dealkylation sites (N-methyl/N-ethyl adjacent to an activating group) is 1. The number of amides is 2. The lowest BCUT2D eigenvalue weighted by atomic mass is 10.1. The van der Waals surface area contributed by atoms with Crippen molar-refractivity contribution in [1.82, 2.24) is 25.1 Å². The molecule has 1 aromatic carbocycles. The zero-order chi connectivity index (χ0) is 17.3. The van der Waals surface area contributed by atoms with Crippen LogP contribution in [0.2, 0.25) is 0 Å². The van der Waals surface area contributed by atoms with E-state index in [9.17, 15) is 9.59 Å². The molecule has 1 fully saturated rings. The number of benzene rings is 1. The predicted molar refractivity (Wildman–Crippen MR) is 91.8 cm³/mol. The second-order valence-corrected chi connectivity index (χ2v) is 6.38. The van der Waals surface area contributed by atoms with Crippen molar-refractivity contribution in [1.29, 1.82) is 0 Å². The monoisotopic (exact) mass is 329 g/mol. The van der Waals surface area contributed by atoms with Crippen molar-refractivity contribution >= 4 is 22.8 Å². The van der Waals surface area contributed by atoms with Crippen LogP contribution >= 0.6 is 0 Å². The normalized spacial score (nSPS) is 19.3. The number of hydrogen-bond acceptors (Lipinski definition) is 4. The van der Waals surface area contributed by atoms with E-state index in [1.165, 1.54) is 0 Å². The van der Waals surface area contributed by atoms with Gasteiger partial charge in [-0.3, -0.25) is 9.59 Å². The van der Waals surface area contributed by atoms with Gasteiger partial charge in [-0.2, -0.15) is 0 Å². The molecular weight excluding hydrogens is 306 g/mol. The maximum atomic E-state index is 12.9. The van der Waals surface area contributed by atoms with Crippen molar-refractivity contribution in [3.8, 4) is 0 Å². The highest BCUT2D eigenvalue weighted by Crippen LogP contribution is 2.17. The third-order valence-electron chi connectivity index (χ3n) is 4.48. The lowest BCUT2D eigenvalue weighted by Crippen LogP contribution is -2.41. The van der Waals surface area contributed by atoms with E-state index in [0.29, 0.717) is 25.2 Å². The number of carbonyl (C=O) groups is 2. The number of imidazole rings is 1. The molecule has 0 spiro atoms. The maximum absolute atomic E-state index is 12.9. The smallest absolute Gasteiger partial charge is 0.253 e. The summed E-state index contributed by atoms with van der Waals surface area (Å²) >= 11 is 0. The Hall–Kier alpha value is -2.41. The van der Waals surface area contributed by atoms with Crippen LogP contribution in [0.3, 0.4) is 0 Å². The number of nitrogens with zero attached hydrogens (tertiary/aromatic N) is 3. The summed E-state index contributed by atoms with van der Waals surface area (Å²) in [4.78, 5) is 36.3. The number of aromatic nitrogens is 2. The number of nitrogens with one attached hydrogen (secondary N) is 2. The lowest BCUT2D eigenvalue weighted by molar-refractivity contribution is -0.125. The van der Waals surface area contributed by atoms with Crippen LogP contribution in [0.15, 0.2) is 18.2 Å². The zero-order valence-corrected chi connectivity index (χ0v) is 14.3. The summed E-state index contributed by atoms with van der Waals surface area (Å²) in [5, 5.41) is 2.69. The fraction of sp³-hybridized carbons (Fsp3) is 0.471. The Morgan fingerprint density at radius 3 is 2.83 bits per heavy atom. The zero-order valence-electron chi connectivity index (χ0n) is 14.3. The van der Waals surface area contributed by atoms with E-state index in [2.05, 4.69) is 20.2 Å². The number of H-pyrrole nitrogens is 1. The highest BCUT2D eigenvalue weighted by molar-refractivity contribution is 5.97. The summed E-state index contributed by atoms with van der Waals surface area (Å²) in [7, 11) is 3.61. The second-order valence-electron chi connectivity index (χ2n) is 6.38. The van der Waals surface area contributed by atoms with E-state index in [1.807, 2.05) is 26.1 Å². The minimum atomic E-state index is -0.218. The molecule has 7 heteroatoms. The Balaban J connectivity index is 1.84. The van der Waals surface area contributed by atoms with E-state index < -0.39 is 0 Å². The molecule has 1 aliphatic heterocycles. The molecule has 3 rings (SSSR count). The summed E-state index contributed by atoms with van der Waals surface area (Å²) in [5.41, 5.74) is 2.32. The van der Waals surface area contributed by atoms with Crippen molar-refractivity contribution in [2.75, 3.05) is 40.3 Å². The lowest BCUT2D eigenvalue weighted by Gasteiger charge is -2.23. The molecule has 2 amide bonds. The average molecular weight is 329 g/mol. The first kappa shape index (κ1) is 16.4. The van der Waals surface area contributed by atoms with Gasteiger partial charge in [0.2, 0.25) is 5.91 Å². The van der Waals surface area contributed by atoms with Crippen LogP contribution in [0.25, 0.3) is 11.0 Å². The van der Waals surface area contributed by atoms with Crippen molar-refractivity contribution in [3.05, 3.63) is 29.6 Å². The summed E-state index contributed by atoms with van der Waals surface area (Å²) < 4.78 is 0.